The number of aromatic nitrogens is 3. The highest BCUT2D eigenvalue weighted by Crippen LogP contribution is 2.42. The molecule has 1 amide bonds. The van der Waals surface area contributed by atoms with Crippen LogP contribution in [0.2, 0.25) is 0 Å². The van der Waals surface area contributed by atoms with Crippen molar-refractivity contribution in [1.82, 2.24) is 20.1 Å². The lowest BCUT2D eigenvalue weighted by atomic mass is 10.00. The summed E-state index contributed by atoms with van der Waals surface area (Å²) < 4.78 is 12.9. The number of ether oxygens (including phenoxy) is 2. The summed E-state index contributed by atoms with van der Waals surface area (Å²) in [6, 6.07) is 6.12. The fourth-order valence-electron chi connectivity index (χ4n) is 3.96. The lowest BCUT2D eigenvalue weighted by Crippen LogP contribution is -2.35. The maximum atomic E-state index is 12.8. The first kappa shape index (κ1) is 22.8. The van der Waals surface area contributed by atoms with Crippen molar-refractivity contribution in [3.05, 3.63) is 23.8 Å². The highest BCUT2D eigenvalue weighted by atomic mass is 32.2. The van der Waals surface area contributed by atoms with E-state index in [1.54, 1.807) is 14.2 Å². The van der Waals surface area contributed by atoms with Gasteiger partial charge in [0.1, 0.15) is 0 Å². The highest BCUT2D eigenvalue weighted by Gasteiger charge is 2.33. The van der Waals surface area contributed by atoms with Crippen LogP contribution < -0.4 is 19.7 Å². The molecular formula is C23H33N5O3S. The van der Waals surface area contributed by atoms with Crippen LogP contribution in [0.3, 0.4) is 0 Å². The molecule has 1 saturated heterocycles. The molecule has 1 aliphatic heterocycles. The van der Waals surface area contributed by atoms with Gasteiger partial charge >= 0.3 is 0 Å². The van der Waals surface area contributed by atoms with Crippen molar-refractivity contribution in [1.29, 1.82) is 0 Å². The van der Waals surface area contributed by atoms with Crippen LogP contribution in [0.1, 0.15) is 51.1 Å². The first-order valence-electron chi connectivity index (χ1n) is 11.3. The summed E-state index contributed by atoms with van der Waals surface area (Å²) in [6.45, 7) is 6.71. The summed E-state index contributed by atoms with van der Waals surface area (Å²) in [5.41, 5.74) is 0.955. The molecule has 174 valence electrons. The zero-order valence-corrected chi connectivity index (χ0v) is 20.2. The number of rotatable bonds is 9. The number of benzene rings is 1. The lowest BCUT2D eigenvalue weighted by Gasteiger charge is -2.31. The smallest absolute Gasteiger partial charge is 0.233 e. The predicted molar refractivity (Wildman–Crippen MR) is 126 cm³/mol. The van der Waals surface area contributed by atoms with Gasteiger partial charge in [-0.2, -0.15) is 0 Å². The number of amides is 1. The molecule has 1 unspecified atom stereocenters. The van der Waals surface area contributed by atoms with E-state index in [0.29, 0.717) is 24.1 Å². The van der Waals surface area contributed by atoms with Crippen LogP contribution in [-0.4, -0.2) is 53.2 Å². The van der Waals surface area contributed by atoms with Crippen molar-refractivity contribution in [2.45, 2.75) is 62.5 Å². The van der Waals surface area contributed by atoms with Gasteiger partial charge in [0.25, 0.3) is 0 Å². The first-order valence-corrected chi connectivity index (χ1v) is 12.2. The third-order valence-corrected chi connectivity index (χ3v) is 7.25. The van der Waals surface area contributed by atoms with E-state index in [-0.39, 0.29) is 11.2 Å². The number of carbonyl (C=O) groups excluding carboxylic acids is 1. The van der Waals surface area contributed by atoms with Gasteiger partial charge in [-0.05, 0) is 56.2 Å². The van der Waals surface area contributed by atoms with Crippen molar-refractivity contribution in [2.75, 3.05) is 32.2 Å². The summed E-state index contributed by atoms with van der Waals surface area (Å²) in [7, 11) is 3.21. The maximum absolute atomic E-state index is 12.8. The third kappa shape index (κ3) is 5.14. The van der Waals surface area contributed by atoms with Crippen molar-refractivity contribution < 1.29 is 14.3 Å². The predicted octanol–water partition coefficient (Wildman–Crippen LogP) is 3.66. The zero-order chi connectivity index (χ0) is 22.7. The number of piperidine rings is 1. The number of thioether (sulfide) groups is 1. The molecule has 1 aromatic heterocycles. The van der Waals surface area contributed by atoms with Crippen LogP contribution in [0.15, 0.2) is 23.4 Å². The Hall–Kier alpha value is -2.42. The molecule has 1 N–H and O–H groups in total. The van der Waals surface area contributed by atoms with Crippen molar-refractivity contribution in [3.8, 4) is 11.5 Å². The van der Waals surface area contributed by atoms with E-state index < -0.39 is 0 Å². The van der Waals surface area contributed by atoms with Crippen LogP contribution >= 0.6 is 11.8 Å². The number of methoxy groups -OCH3 is 2. The van der Waals surface area contributed by atoms with Crippen LogP contribution in [0, 0.1) is 5.92 Å². The van der Waals surface area contributed by atoms with Gasteiger partial charge in [0.2, 0.25) is 11.9 Å². The number of carbonyl (C=O) groups is 1. The molecule has 2 aromatic rings. The Bertz CT molecular complexity index is 938. The molecule has 1 saturated carbocycles. The second kappa shape index (κ2) is 10.0. The van der Waals surface area contributed by atoms with Crippen LogP contribution in [0.4, 0.5) is 5.95 Å². The van der Waals surface area contributed by atoms with Crippen molar-refractivity contribution in [2.24, 2.45) is 5.92 Å². The highest BCUT2D eigenvalue weighted by molar-refractivity contribution is 8.00. The molecular weight excluding hydrogens is 426 g/mol. The van der Waals surface area contributed by atoms with Crippen LogP contribution in [-0.2, 0) is 11.3 Å². The van der Waals surface area contributed by atoms with E-state index in [2.05, 4.69) is 31.9 Å². The standard InChI is InChI=1S/C23H33N5O3S/c1-15-9-11-27(12-10-15)22-25-26-23(28(22)18-6-7-18)32-16(2)21(29)24-14-17-5-8-19(30-3)20(13-17)31-4/h5,8,13,15-16,18H,6-7,9-12,14H2,1-4H3,(H,24,29). The summed E-state index contributed by atoms with van der Waals surface area (Å²) in [4.78, 5) is 15.1. The van der Waals surface area contributed by atoms with E-state index in [1.165, 1.54) is 24.6 Å². The Morgan fingerprint density at radius 1 is 1.16 bits per heavy atom. The Labute approximate surface area is 194 Å². The molecule has 4 rings (SSSR count). The van der Waals surface area contributed by atoms with Gasteiger partial charge in [0.15, 0.2) is 16.7 Å². The minimum Gasteiger partial charge on any atom is -0.493 e. The molecule has 1 atom stereocenters. The van der Waals surface area contributed by atoms with E-state index in [0.717, 1.165) is 48.5 Å². The molecule has 0 radical (unpaired) electrons. The number of nitrogens with zero attached hydrogens (tertiary/aromatic N) is 4. The number of hydrogen-bond acceptors (Lipinski definition) is 7. The molecule has 1 aliphatic carbocycles. The number of hydrogen-bond donors (Lipinski definition) is 1. The molecule has 0 bridgehead atoms. The van der Waals surface area contributed by atoms with Crippen LogP contribution in [0.25, 0.3) is 0 Å². The largest absolute Gasteiger partial charge is 0.493 e. The Kier molecular flexibility index (Phi) is 7.13. The molecule has 2 aliphatic rings. The van der Waals surface area contributed by atoms with Gasteiger partial charge in [0, 0.05) is 25.7 Å². The molecule has 32 heavy (non-hydrogen) atoms. The SMILES string of the molecule is COc1ccc(CNC(=O)C(C)Sc2nnc(N3CCC(C)CC3)n2C2CC2)cc1OC. The average molecular weight is 460 g/mol. The summed E-state index contributed by atoms with van der Waals surface area (Å²) in [6.07, 6.45) is 4.69. The quantitative estimate of drug-likeness (QED) is 0.573. The maximum Gasteiger partial charge on any atom is 0.233 e. The topological polar surface area (TPSA) is 81.5 Å². The van der Waals surface area contributed by atoms with Gasteiger partial charge in [-0.25, -0.2) is 0 Å². The number of nitrogens with one attached hydrogen (secondary N) is 1. The summed E-state index contributed by atoms with van der Waals surface area (Å²) in [5.74, 6) is 3.04. The minimum atomic E-state index is -0.272. The van der Waals surface area contributed by atoms with E-state index >= 15 is 0 Å². The third-order valence-electron chi connectivity index (χ3n) is 6.19. The molecule has 0 spiro atoms. The average Bonchev–Trinajstić information content (AvgIpc) is 3.57. The second-order valence-electron chi connectivity index (χ2n) is 8.72. The second-order valence-corrected chi connectivity index (χ2v) is 10.0. The van der Waals surface area contributed by atoms with Crippen molar-refractivity contribution in [3.63, 3.8) is 0 Å². The Balaban J connectivity index is 1.38. The van der Waals surface area contributed by atoms with Gasteiger partial charge in [0.05, 0.1) is 19.5 Å². The molecule has 1 aromatic carbocycles. The molecule has 2 heterocycles. The minimum absolute atomic E-state index is 0.0246. The fraction of sp³-hybridized carbons (Fsp3) is 0.609. The van der Waals surface area contributed by atoms with Gasteiger partial charge in [-0.3, -0.25) is 9.36 Å². The fourth-order valence-corrected chi connectivity index (χ4v) is 4.90. The Morgan fingerprint density at radius 2 is 1.88 bits per heavy atom. The monoisotopic (exact) mass is 459 g/mol. The normalized spacial score (nSPS) is 17.8. The Morgan fingerprint density at radius 3 is 2.53 bits per heavy atom. The molecule has 2 fully saturated rings. The number of anilines is 1. The van der Waals surface area contributed by atoms with E-state index in [1.807, 2.05) is 25.1 Å². The summed E-state index contributed by atoms with van der Waals surface area (Å²) >= 11 is 1.49. The van der Waals surface area contributed by atoms with Gasteiger partial charge in [-0.1, -0.05) is 24.8 Å². The zero-order valence-electron chi connectivity index (χ0n) is 19.3. The van der Waals surface area contributed by atoms with E-state index in [4.69, 9.17) is 9.47 Å². The van der Waals surface area contributed by atoms with Gasteiger partial charge in [-0.15, -0.1) is 10.2 Å². The van der Waals surface area contributed by atoms with Gasteiger partial charge < -0.3 is 19.7 Å². The van der Waals surface area contributed by atoms with E-state index in [9.17, 15) is 4.79 Å². The van der Waals surface area contributed by atoms with Crippen molar-refractivity contribution >= 4 is 23.6 Å². The van der Waals surface area contributed by atoms with Crippen LogP contribution in [0.5, 0.6) is 11.5 Å². The summed E-state index contributed by atoms with van der Waals surface area (Å²) in [5, 5.41) is 12.6. The molecule has 8 nitrogen and oxygen atoms in total. The lowest BCUT2D eigenvalue weighted by molar-refractivity contribution is -0.120. The first-order chi connectivity index (χ1) is 15.5. The molecule has 9 heteroatoms.